The molecule has 0 spiro atoms. The fourth-order valence-electron chi connectivity index (χ4n) is 3.15. The molecule has 4 nitrogen and oxygen atoms in total. The average Bonchev–Trinajstić information content (AvgIpc) is 2.68. The molecule has 20 heavy (non-hydrogen) atoms. The highest BCUT2D eigenvalue weighted by Gasteiger charge is 2.32. The number of amides is 1. The van der Waals surface area contributed by atoms with Crippen LogP contribution in [0.3, 0.4) is 0 Å². The summed E-state index contributed by atoms with van der Waals surface area (Å²) in [6.07, 6.45) is 1.28. The van der Waals surface area contributed by atoms with Crippen LogP contribution in [0.4, 0.5) is 11.4 Å². The second kappa shape index (κ2) is 4.93. The standard InChI is InChI=1S/C15H19ClN2O2/c1-8-4-3-5-18(9(8)2)13-7-12-10(6-11(13)16)14(19)15(20)17-12/h6-9,14,19H,3-5H2,1-2H3,(H,17,20). The van der Waals surface area contributed by atoms with Gasteiger partial charge in [-0.3, -0.25) is 4.79 Å². The predicted molar refractivity (Wildman–Crippen MR) is 80.2 cm³/mol. The topological polar surface area (TPSA) is 52.6 Å². The van der Waals surface area contributed by atoms with Gasteiger partial charge in [0.1, 0.15) is 0 Å². The van der Waals surface area contributed by atoms with Gasteiger partial charge in [0.25, 0.3) is 5.91 Å². The lowest BCUT2D eigenvalue weighted by Gasteiger charge is -2.40. The maximum Gasteiger partial charge on any atom is 0.257 e. The fraction of sp³-hybridized carbons (Fsp3) is 0.533. The van der Waals surface area contributed by atoms with E-state index in [1.165, 1.54) is 6.42 Å². The van der Waals surface area contributed by atoms with Crippen LogP contribution in [0.25, 0.3) is 0 Å². The van der Waals surface area contributed by atoms with E-state index in [1.807, 2.05) is 6.07 Å². The molecule has 108 valence electrons. The smallest absolute Gasteiger partial charge is 0.257 e. The number of halogens is 1. The Kier molecular flexibility index (Phi) is 3.38. The fourth-order valence-corrected chi connectivity index (χ4v) is 3.43. The van der Waals surface area contributed by atoms with Crippen molar-refractivity contribution in [2.24, 2.45) is 5.92 Å². The number of hydrogen-bond donors (Lipinski definition) is 2. The lowest BCUT2D eigenvalue weighted by Crippen LogP contribution is -2.42. The van der Waals surface area contributed by atoms with Crippen LogP contribution in [-0.4, -0.2) is 23.6 Å². The molecule has 0 bridgehead atoms. The minimum atomic E-state index is -1.10. The summed E-state index contributed by atoms with van der Waals surface area (Å²) in [7, 11) is 0. The van der Waals surface area contributed by atoms with Gasteiger partial charge in [-0.2, -0.15) is 0 Å². The number of nitrogens with zero attached hydrogens (tertiary/aromatic N) is 1. The Morgan fingerprint density at radius 1 is 1.40 bits per heavy atom. The summed E-state index contributed by atoms with van der Waals surface area (Å²) in [6, 6.07) is 4.02. The number of benzene rings is 1. The predicted octanol–water partition coefficient (Wildman–Crippen LogP) is 2.95. The van der Waals surface area contributed by atoms with E-state index in [4.69, 9.17) is 11.6 Å². The van der Waals surface area contributed by atoms with Crippen LogP contribution >= 0.6 is 11.6 Å². The zero-order valence-electron chi connectivity index (χ0n) is 11.7. The lowest BCUT2D eigenvalue weighted by molar-refractivity contribution is -0.123. The minimum absolute atomic E-state index is 0.381. The molecule has 3 unspecified atom stereocenters. The number of fused-ring (bicyclic) bond motifs is 1. The van der Waals surface area contributed by atoms with Gasteiger partial charge in [0.2, 0.25) is 0 Å². The molecule has 3 rings (SSSR count). The molecule has 3 atom stereocenters. The zero-order chi connectivity index (χ0) is 14.4. The normalized spacial score (nSPS) is 29.3. The second-order valence-corrected chi connectivity index (χ2v) is 6.24. The molecule has 2 N–H and O–H groups in total. The molecular weight excluding hydrogens is 276 g/mol. The van der Waals surface area contributed by atoms with Crippen LogP contribution in [0.2, 0.25) is 5.02 Å². The first-order valence-electron chi connectivity index (χ1n) is 7.08. The monoisotopic (exact) mass is 294 g/mol. The summed E-state index contributed by atoms with van der Waals surface area (Å²) in [4.78, 5) is 13.8. The minimum Gasteiger partial charge on any atom is -0.378 e. The first-order valence-corrected chi connectivity index (χ1v) is 7.46. The largest absolute Gasteiger partial charge is 0.378 e. The summed E-state index contributed by atoms with van der Waals surface area (Å²) in [6.45, 7) is 5.44. The van der Waals surface area contributed by atoms with Crippen molar-refractivity contribution in [2.45, 2.75) is 38.8 Å². The van der Waals surface area contributed by atoms with Crippen LogP contribution < -0.4 is 10.2 Å². The number of carbonyl (C=O) groups is 1. The average molecular weight is 295 g/mol. The molecule has 1 aromatic rings. The third-order valence-electron chi connectivity index (χ3n) is 4.60. The van der Waals surface area contributed by atoms with Crippen molar-refractivity contribution in [2.75, 3.05) is 16.8 Å². The highest BCUT2D eigenvalue weighted by molar-refractivity contribution is 6.33. The first kappa shape index (κ1) is 13.7. The van der Waals surface area contributed by atoms with Crippen LogP contribution in [0.15, 0.2) is 12.1 Å². The lowest BCUT2D eigenvalue weighted by atomic mass is 9.91. The van der Waals surface area contributed by atoms with E-state index in [1.54, 1.807) is 6.07 Å². The van der Waals surface area contributed by atoms with Gasteiger partial charge < -0.3 is 15.3 Å². The molecule has 5 heteroatoms. The second-order valence-electron chi connectivity index (χ2n) is 5.84. The molecular formula is C15H19ClN2O2. The summed E-state index contributed by atoms with van der Waals surface area (Å²) < 4.78 is 0. The van der Waals surface area contributed by atoms with Gasteiger partial charge in [-0.1, -0.05) is 18.5 Å². The molecule has 1 saturated heterocycles. The number of rotatable bonds is 1. The van der Waals surface area contributed by atoms with Crippen molar-refractivity contribution >= 4 is 28.9 Å². The van der Waals surface area contributed by atoms with E-state index in [0.717, 1.165) is 18.7 Å². The Hall–Kier alpha value is -1.26. The Morgan fingerprint density at radius 3 is 2.90 bits per heavy atom. The molecule has 2 aliphatic rings. The van der Waals surface area contributed by atoms with E-state index in [0.29, 0.717) is 28.2 Å². The number of hydrogen-bond acceptors (Lipinski definition) is 3. The third kappa shape index (κ3) is 2.07. The summed E-state index contributed by atoms with van der Waals surface area (Å²) in [5.74, 6) is 0.238. The van der Waals surface area contributed by atoms with Crippen LogP contribution in [0.1, 0.15) is 38.4 Å². The van der Waals surface area contributed by atoms with Gasteiger partial charge in [-0.25, -0.2) is 0 Å². The molecule has 0 radical (unpaired) electrons. The third-order valence-corrected chi connectivity index (χ3v) is 4.91. The maximum absolute atomic E-state index is 11.5. The summed E-state index contributed by atoms with van der Waals surface area (Å²) >= 11 is 6.38. The number of piperidine rings is 1. The van der Waals surface area contributed by atoms with Gasteiger partial charge >= 0.3 is 0 Å². The van der Waals surface area contributed by atoms with Gasteiger partial charge in [-0.15, -0.1) is 0 Å². The molecule has 2 aliphatic heterocycles. The first-order chi connectivity index (χ1) is 9.49. The molecule has 1 aromatic carbocycles. The van der Waals surface area contributed by atoms with Gasteiger partial charge in [-0.05, 0) is 37.8 Å². The van der Waals surface area contributed by atoms with Crippen molar-refractivity contribution in [3.05, 3.63) is 22.7 Å². The number of anilines is 2. The number of aliphatic hydroxyl groups is 1. The van der Waals surface area contributed by atoms with E-state index >= 15 is 0 Å². The van der Waals surface area contributed by atoms with Crippen LogP contribution in [0, 0.1) is 5.92 Å². The molecule has 1 fully saturated rings. The Labute approximate surface area is 123 Å². The molecule has 0 aromatic heterocycles. The van der Waals surface area contributed by atoms with E-state index < -0.39 is 6.10 Å². The van der Waals surface area contributed by atoms with E-state index in [-0.39, 0.29) is 5.91 Å². The Morgan fingerprint density at radius 2 is 2.15 bits per heavy atom. The molecule has 1 amide bonds. The van der Waals surface area contributed by atoms with Crippen LogP contribution in [-0.2, 0) is 4.79 Å². The van der Waals surface area contributed by atoms with E-state index in [2.05, 4.69) is 24.1 Å². The van der Waals surface area contributed by atoms with Crippen LogP contribution in [0.5, 0.6) is 0 Å². The van der Waals surface area contributed by atoms with Gasteiger partial charge in [0.05, 0.1) is 10.7 Å². The number of carbonyl (C=O) groups excluding carboxylic acids is 1. The summed E-state index contributed by atoms with van der Waals surface area (Å²) in [5.41, 5.74) is 2.19. The van der Waals surface area contributed by atoms with Crippen molar-refractivity contribution < 1.29 is 9.90 Å². The van der Waals surface area contributed by atoms with Gasteiger partial charge in [0, 0.05) is 23.8 Å². The highest BCUT2D eigenvalue weighted by atomic mass is 35.5. The molecule has 0 saturated carbocycles. The quantitative estimate of drug-likeness (QED) is 0.837. The van der Waals surface area contributed by atoms with E-state index in [9.17, 15) is 9.90 Å². The Bertz CT molecular complexity index is 561. The molecule has 0 aliphatic carbocycles. The zero-order valence-corrected chi connectivity index (χ0v) is 12.4. The van der Waals surface area contributed by atoms with Crippen molar-refractivity contribution in [1.29, 1.82) is 0 Å². The van der Waals surface area contributed by atoms with Crippen molar-refractivity contribution in [3.8, 4) is 0 Å². The molecule has 2 heterocycles. The van der Waals surface area contributed by atoms with Crippen molar-refractivity contribution in [1.82, 2.24) is 0 Å². The number of aliphatic hydroxyl groups excluding tert-OH is 1. The SMILES string of the molecule is CC1CCCN(c2cc3c(cc2Cl)C(O)C(=O)N3)C1C. The Balaban J connectivity index is 1.99. The van der Waals surface area contributed by atoms with Crippen molar-refractivity contribution in [3.63, 3.8) is 0 Å². The van der Waals surface area contributed by atoms with Gasteiger partial charge in [0.15, 0.2) is 6.10 Å². The highest BCUT2D eigenvalue weighted by Crippen LogP contribution is 2.41. The maximum atomic E-state index is 11.5. The number of nitrogens with one attached hydrogen (secondary N) is 1. The summed E-state index contributed by atoms with van der Waals surface area (Å²) in [5, 5.41) is 13.1.